The highest BCUT2D eigenvalue weighted by Crippen LogP contribution is 2.53. The van der Waals surface area contributed by atoms with Crippen molar-refractivity contribution in [3.63, 3.8) is 0 Å². The van der Waals surface area contributed by atoms with E-state index in [0.29, 0.717) is 0 Å². The van der Waals surface area contributed by atoms with E-state index in [4.69, 9.17) is 8.83 Å². The monoisotopic (exact) mass is 732 g/mol. The van der Waals surface area contributed by atoms with Crippen molar-refractivity contribution in [2.24, 2.45) is 0 Å². The van der Waals surface area contributed by atoms with Gasteiger partial charge in [-0.25, -0.2) is 0 Å². The van der Waals surface area contributed by atoms with Crippen LogP contribution in [0.2, 0.25) is 0 Å². The van der Waals surface area contributed by atoms with Gasteiger partial charge in [0.25, 0.3) is 0 Å². The number of anilines is 5. The van der Waals surface area contributed by atoms with E-state index >= 15 is 0 Å². The van der Waals surface area contributed by atoms with E-state index in [-0.39, 0.29) is 6.85 Å². The van der Waals surface area contributed by atoms with Gasteiger partial charge in [0.2, 0.25) is 0 Å². The number of fused-ring (bicyclic) bond motifs is 12. The molecule has 0 aliphatic carbocycles. The Kier molecular flexibility index (Phi) is 7.09. The molecule has 0 fully saturated rings. The summed E-state index contributed by atoms with van der Waals surface area (Å²) in [6.45, 7) is 2.10. The Hall–Kier alpha value is -6.98. The van der Waals surface area contributed by atoms with Crippen LogP contribution in [0.1, 0.15) is 25.3 Å². The summed E-state index contributed by atoms with van der Waals surface area (Å²) in [7, 11) is 0. The standard InChI is InChI=1S/C52H37BN2O2/c1-2-3-16-33-27-29-42(39(31-33)34-17-6-4-7-18-34)54-44-32-40-36-21-11-14-25-45(36)57-52(40)49-37-22-10-13-24-43(37)55(35-19-8-5-9-20-35)53(50(44)49)41-28-30-47-48(51(41)54)38-23-12-15-26-46(38)56-47/h4-15,17-32H,2-3,16H2,1H3. The predicted octanol–water partition coefficient (Wildman–Crippen LogP) is 13.2. The van der Waals surface area contributed by atoms with Crippen LogP contribution in [0.15, 0.2) is 179 Å². The quantitative estimate of drug-likeness (QED) is 0.159. The second-order valence-corrected chi connectivity index (χ2v) is 15.4. The third kappa shape index (κ3) is 4.69. The first-order chi connectivity index (χ1) is 28.3. The molecule has 4 heterocycles. The van der Waals surface area contributed by atoms with E-state index in [0.717, 1.165) is 103 Å². The Morgan fingerprint density at radius 1 is 0.544 bits per heavy atom. The molecular formula is C52H37BN2O2. The van der Waals surface area contributed by atoms with Crippen molar-refractivity contribution < 1.29 is 8.83 Å². The minimum Gasteiger partial charge on any atom is -0.456 e. The van der Waals surface area contributed by atoms with Gasteiger partial charge in [0.1, 0.15) is 22.3 Å². The van der Waals surface area contributed by atoms with Crippen LogP contribution in [-0.4, -0.2) is 6.85 Å². The van der Waals surface area contributed by atoms with Crippen LogP contribution in [0, 0.1) is 0 Å². The van der Waals surface area contributed by atoms with E-state index < -0.39 is 0 Å². The normalized spacial score (nSPS) is 13.1. The Labute approximate surface area is 331 Å². The molecule has 5 heteroatoms. The van der Waals surface area contributed by atoms with Crippen LogP contribution in [-0.2, 0) is 6.42 Å². The van der Waals surface area contributed by atoms with Crippen LogP contribution in [0.3, 0.4) is 0 Å². The van der Waals surface area contributed by atoms with Crippen molar-refractivity contribution in [3.05, 3.63) is 175 Å². The summed E-state index contributed by atoms with van der Waals surface area (Å²) in [5.41, 5.74) is 17.8. The number of nitrogens with zero attached hydrogens (tertiary/aromatic N) is 2. The van der Waals surface area contributed by atoms with Gasteiger partial charge in [0, 0.05) is 49.9 Å². The van der Waals surface area contributed by atoms with Gasteiger partial charge >= 0.3 is 6.85 Å². The fraction of sp³-hybridized carbons (Fsp3) is 0.0769. The van der Waals surface area contributed by atoms with Crippen molar-refractivity contribution in [2.75, 3.05) is 9.71 Å². The molecule has 2 aliphatic rings. The zero-order valence-corrected chi connectivity index (χ0v) is 31.6. The molecule has 0 amide bonds. The molecule has 0 N–H and O–H groups in total. The summed E-state index contributed by atoms with van der Waals surface area (Å²) < 4.78 is 13.7. The summed E-state index contributed by atoms with van der Waals surface area (Å²) >= 11 is 0. The minimum atomic E-state index is -0.168. The summed E-state index contributed by atoms with van der Waals surface area (Å²) in [5, 5.41) is 4.45. The molecule has 0 saturated heterocycles. The second-order valence-electron chi connectivity index (χ2n) is 15.4. The van der Waals surface area contributed by atoms with Crippen LogP contribution < -0.4 is 20.6 Å². The number of para-hydroxylation sites is 4. The lowest BCUT2D eigenvalue weighted by atomic mass is 9.43. The lowest BCUT2D eigenvalue weighted by Crippen LogP contribution is -2.61. The van der Waals surface area contributed by atoms with Crippen LogP contribution >= 0.6 is 0 Å². The number of hydrogen-bond donors (Lipinski definition) is 0. The number of hydrogen-bond acceptors (Lipinski definition) is 4. The average molecular weight is 733 g/mol. The molecule has 4 nitrogen and oxygen atoms in total. The third-order valence-electron chi connectivity index (χ3n) is 12.2. The lowest BCUT2D eigenvalue weighted by molar-refractivity contribution is 0.669. The first-order valence-corrected chi connectivity index (χ1v) is 20.1. The molecule has 10 aromatic rings. The predicted molar refractivity (Wildman–Crippen MR) is 239 cm³/mol. The zero-order valence-electron chi connectivity index (χ0n) is 31.6. The number of unbranched alkanes of at least 4 members (excludes halogenated alkanes) is 1. The molecule has 8 aromatic carbocycles. The molecule has 57 heavy (non-hydrogen) atoms. The molecule has 270 valence electrons. The van der Waals surface area contributed by atoms with E-state index in [1.165, 1.54) is 27.6 Å². The fourth-order valence-electron chi connectivity index (χ4n) is 9.73. The van der Waals surface area contributed by atoms with Crippen molar-refractivity contribution in [1.29, 1.82) is 0 Å². The van der Waals surface area contributed by atoms with E-state index in [1.54, 1.807) is 0 Å². The van der Waals surface area contributed by atoms with Crippen molar-refractivity contribution in [3.8, 4) is 22.3 Å². The van der Waals surface area contributed by atoms with E-state index in [9.17, 15) is 0 Å². The lowest BCUT2D eigenvalue weighted by Gasteiger charge is -2.46. The first-order valence-electron chi connectivity index (χ1n) is 20.1. The van der Waals surface area contributed by atoms with Gasteiger partial charge in [-0.1, -0.05) is 129 Å². The highest BCUT2D eigenvalue weighted by molar-refractivity contribution is 6.94. The molecule has 0 bridgehead atoms. The Bertz CT molecular complexity index is 3200. The molecule has 0 saturated carbocycles. The fourth-order valence-corrected chi connectivity index (χ4v) is 9.73. The summed E-state index contributed by atoms with van der Waals surface area (Å²) in [5.74, 6) is 0. The second kappa shape index (κ2) is 12.5. The van der Waals surface area contributed by atoms with Crippen LogP contribution in [0.4, 0.5) is 28.4 Å². The Balaban J connectivity index is 1.29. The number of aryl methyl sites for hydroxylation is 1. The molecular weight excluding hydrogens is 695 g/mol. The number of rotatable bonds is 6. The van der Waals surface area contributed by atoms with Gasteiger partial charge < -0.3 is 18.5 Å². The summed E-state index contributed by atoms with van der Waals surface area (Å²) in [6.07, 6.45) is 3.34. The van der Waals surface area contributed by atoms with Gasteiger partial charge in [0.05, 0.1) is 16.8 Å². The maximum absolute atomic E-state index is 6.96. The minimum absolute atomic E-state index is 0.168. The van der Waals surface area contributed by atoms with Crippen molar-refractivity contribution in [2.45, 2.75) is 26.2 Å². The van der Waals surface area contributed by atoms with Crippen molar-refractivity contribution >= 4 is 90.1 Å². The molecule has 0 radical (unpaired) electrons. The Morgan fingerprint density at radius 2 is 1.26 bits per heavy atom. The molecule has 0 atom stereocenters. The number of furan rings is 2. The molecule has 0 unspecified atom stereocenters. The van der Waals surface area contributed by atoms with Gasteiger partial charge in [-0.05, 0) is 89.5 Å². The Morgan fingerprint density at radius 3 is 2.09 bits per heavy atom. The molecule has 0 spiro atoms. The van der Waals surface area contributed by atoms with Gasteiger partial charge in [-0.3, -0.25) is 0 Å². The van der Waals surface area contributed by atoms with Gasteiger partial charge in [-0.2, -0.15) is 0 Å². The highest BCUT2D eigenvalue weighted by Gasteiger charge is 2.47. The zero-order chi connectivity index (χ0) is 37.6. The van der Waals surface area contributed by atoms with E-state index in [2.05, 4.69) is 186 Å². The van der Waals surface area contributed by atoms with E-state index in [1.807, 2.05) is 0 Å². The molecule has 2 aromatic heterocycles. The summed E-state index contributed by atoms with van der Waals surface area (Å²) in [6, 6.07) is 61.7. The maximum atomic E-state index is 6.96. The largest absolute Gasteiger partial charge is 0.456 e. The highest BCUT2D eigenvalue weighted by atomic mass is 16.3. The number of benzene rings is 8. The van der Waals surface area contributed by atoms with Gasteiger partial charge in [0.15, 0.2) is 0 Å². The summed E-state index contributed by atoms with van der Waals surface area (Å²) in [4.78, 5) is 5.12. The van der Waals surface area contributed by atoms with Crippen LogP contribution in [0.25, 0.3) is 66.1 Å². The topological polar surface area (TPSA) is 32.8 Å². The van der Waals surface area contributed by atoms with Crippen molar-refractivity contribution in [1.82, 2.24) is 0 Å². The van der Waals surface area contributed by atoms with Gasteiger partial charge in [-0.15, -0.1) is 0 Å². The maximum Gasteiger partial charge on any atom is 0.333 e. The molecule has 2 aliphatic heterocycles. The first kappa shape index (κ1) is 32.3. The smallest absolute Gasteiger partial charge is 0.333 e. The molecule has 12 rings (SSSR count). The third-order valence-corrected chi connectivity index (χ3v) is 12.2. The SMILES string of the molecule is CCCCc1ccc(N2c3cc4c(oc5ccccc54)c4c3B(c3ccc5oc6ccccc6c5c32)N(c2ccccc2)c2ccccc2-4)c(-c2ccccc2)c1. The van der Waals surface area contributed by atoms with Crippen LogP contribution in [0.5, 0.6) is 0 Å². The average Bonchev–Trinajstić information content (AvgIpc) is 3.85.